The van der Waals surface area contributed by atoms with Crippen molar-refractivity contribution >= 4 is 51.1 Å². The highest BCUT2D eigenvalue weighted by Crippen LogP contribution is 2.22. The Hall–Kier alpha value is -0.980. The number of para-hydroxylation sites is 1. The predicted octanol–water partition coefficient (Wildman–Crippen LogP) is 4.06. The zero-order valence-electron chi connectivity index (χ0n) is 9.62. The van der Waals surface area contributed by atoms with Crippen LogP contribution in [-0.4, -0.2) is 10.9 Å². The van der Waals surface area contributed by atoms with Gasteiger partial charge in [0, 0.05) is 15.0 Å². The molecular weight excluding hydrogens is 332 g/mol. The minimum atomic E-state index is -0.0461. The Morgan fingerprint density at radius 3 is 2.83 bits per heavy atom. The van der Waals surface area contributed by atoms with Gasteiger partial charge in [0.1, 0.15) is 0 Å². The summed E-state index contributed by atoms with van der Waals surface area (Å²) in [4.78, 5) is 15.9. The molecule has 0 aliphatic carbocycles. The molecule has 0 saturated carbocycles. The number of amides is 1. The Balaban J connectivity index is 2.08. The van der Waals surface area contributed by atoms with Gasteiger partial charge < -0.3 is 10.3 Å². The first-order valence-corrected chi connectivity index (χ1v) is 7.31. The third-order valence-corrected chi connectivity index (χ3v) is 4.42. The normalized spacial score (nSPS) is 10.3. The molecule has 0 radical (unpaired) electrons. The Labute approximate surface area is 122 Å². The van der Waals surface area contributed by atoms with Crippen molar-refractivity contribution in [2.24, 2.45) is 0 Å². The smallest absolute Gasteiger partial charge is 0.229 e. The van der Waals surface area contributed by atoms with E-state index in [1.165, 1.54) is 11.3 Å². The lowest BCUT2D eigenvalue weighted by molar-refractivity contribution is -0.115. The summed E-state index contributed by atoms with van der Waals surface area (Å²) in [7, 11) is 0. The lowest BCUT2D eigenvalue weighted by Gasteiger charge is -2.06. The van der Waals surface area contributed by atoms with Gasteiger partial charge in [0.15, 0.2) is 3.95 Å². The molecule has 0 atom stereocenters. The molecule has 2 N–H and O–H groups in total. The quantitative estimate of drug-likeness (QED) is 0.826. The van der Waals surface area contributed by atoms with Crippen molar-refractivity contribution in [2.45, 2.75) is 13.3 Å². The van der Waals surface area contributed by atoms with E-state index in [1.807, 2.05) is 31.2 Å². The first kappa shape index (κ1) is 13.5. The van der Waals surface area contributed by atoms with Crippen LogP contribution in [0.1, 0.15) is 10.6 Å². The van der Waals surface area contributed by atoms with Crippen LogP contribution in [0.4, 0.5) is 5.69 Å². The maximum absolute atomic E-state index is 11.9. The van der Waals surface area contributed by atoms with E-state index >= 15 is 0 Å². The van der Waals surface area contributed by atoms with Gasteiger partial charge in [-0.2, -0.15) is 0 Å². The molecule has 1 heterocycles. The van der Waals surface area contributed by atoms with E-state index in [9.17, 15) is 4.79 Å². The molecule has 1 aromatic carbocycles. The number of aromatic amines is 1. The molecule has 18 heavy (non-hydrogen) atoms. The number of aromatic nitrogens is 1. The number of carbonyl (C=O) groups excluding carboxylic acids is 1. The first-order chi connectivity index (χ1) is 8.56. The van der Waals surface area contributed by atoms with Crippen molar-refractivity contribution in [3.05, 3.63) is 43.3 Å². The van der Waals surface area contributed by atoms with E-state index < -0.39 is 0 Å². The zero-order chi connectivity index (χ0) is 13.1. The number of aryl methyl sites for hydroxylation is 1. The second-order valence-electron chi connectivity index (χ2n) is 3.77. The number of hydrogen-bond acceptors (Lipinski definition) is 3. The lowest BCUT2D eigenvalue weighted by Crippen LogP contribution is -2.14. The van der Waals surface area contributed by atoms with E-state index in [-0.39, 0.29) is 5.91 Å². The Bertz CT molecular complexity index is 633. The first-order valence-electron chi connectivity index (χ1n) is 5.29. The zero-order valence-corrected chi connectivity index (χ0v) is 12.8. The molecular formula is C12H11BrN2OS2. The molecule has 0 spiro atoms. The summed E-state index contributed by atoms with van der Waals surface area (Å²) < 4.78 is 1.58. The average molecular weight is 343 g/mol. The number of nitrogens with one attached hydrogen (secondary N) is 2. The van der Waals surface area contributed by atoms with Gasteiger partial charge in [-0.05, 0) is 47.2 Å². The van der Waals surface area contributed by atoms with Gasteiger partial charge in [-0.3, -0.25) is 4.79 Å². The molecule has 1 aromatic heterocycles. The molecule has 0 fully saturated rings. The topological polar surface area (TPSA) is 44.9 Å². The maximum atomic E-state index is 11.9. The molecule has 94 valence electrons. The Morgan fingerprint density at radius 2 is 2.22 bits per heavy atom. The summed E-state index contributed by atoms with van der Waals surface area (Å²) in [5, 5.41) is 2.87. The van der Waals surface area contributed by atoms with Crippen molar-refractivity contribution in [3.8, 4) is 0 Å². The van der Waals surface area contributed by atoms with Gasteiger partial charge in [0.25, 0.3) is 0 Å². The number of H-pyrrole nitrogens is 1. The van der Waals surface area contributed by atoms with E-state index in [1.54, 1.807) is 0 Å². The number of hydrogen-bond donors (Lipinski definition) is 2. The van der Waals surface area contributed by atoms with Crippen LogP contribution < -0.4 is 5.32 Å². The predicted molar refractivity (Wildman–Crippen MR) is 80.7 cm³/mol. The second-order valence-corrected chi connectivity index (χ2v) is 6.39. The van der Waals surface area contributed by atoms with Crippen LogP contribution in [0.25, 0.3) is 0 Å². The fourth-order valence-electron chi connectivity index (χ4n) is 1.51. The number of rotatable bonds is 3. The molecule has 0 saturated heterocycles. The molecule has 3 nitrogen and oxygen atoms in total. The number of thiazole rings is 1. The number of benzene rings is 1. The van der Waals surface area contributed by atoms with Crippen LogP contribution in [0.5, 0.6) is 0 Å². The van der Waals surface area contributed by atoms with E-state index in [0.29, 0.717) is 10.4 Å². The van der Waals surface area contributed by atoms with Gasteiger partial charge >= 0.3 is 0 Å². The Morgan fingerprint density at radius 1 is 1.50 bits per heavy atom. The van der Waals surface area contributed by atoms with Crippen molar-refractivity contribution in [1.82, 2.24) is 4.98 Å². The van der Waals surface area contributed by atoms with E-state index in [4.69, 9.17) is 12.2 Å². The maximum Gasteiger partial charge on any atom is 0.229 e. The monoisotopic (exact) mass is 342 g/mol. The molecule has 0 unspecified atom stereocenters. The van der Waals surface area contributed by atoms with Crippen LogP contribution in [-0.2, 0) is 11.2 Å². The summed E-state index contributed by atoms with van der Waals surface area (Å²) >= 11 is 9.89. The SMILES string of the molecule is Cc1[nH]c(=S)sc1CC(=O)Nc1ccccc1Br. The number of halogens is 1. The minimum Gasteiger partial charge on any atom is -0.341 e. The van der Waals surface area contributed by atoms with Crippen molar-refractivity contribution < 1.29 is 4.79 Å². The summed E-state index contributed by atoms with van der Waals surface area (Å²) in [5.41, 5.74) is 1.74. The molecule has 6 heteroatoms. The van der Waals surface area contributed by atoms with Crippen LogP contribution >= 0.6 is 39.5 Å². The number of anilines is 1. The van der Waals surface area contributed by atoms with Gasteiger partial charge in [-0.1, -0.05) is 12.1 Å². The van der Waals surface area contributed by atoms with Crippen LogP contribution in [0, 0.1) is 10.9 Å². The average Bonchev–Trinajstić information content (AvgIpc) is 2.61. The highest BCUT2D eigenvalue weighted by Gasteiger charge is 2.10. The fourth-order valence-corrected chi connectivity index (χ4v) is 3.18. The Kier molecular flexibility index (Phi) is 4.31. The van der Waals surface area contributed by atoms with Gasteiger partial charge in [-0.25, -0.2) is 0 Å². The van der Waals surface area contributed by atoms with E-state index in [0.717, 1.165) is 20.7 Å². The minimum absolute atomic E-state index is 0.0461. The largest absolute Gasteiger partial charge is 0.341 e. The third kappa shape index (κ3) is 3.28. The van der Waals surface area contributed by atoms with Crippen LogP contribution in [0.3, 0.4) is 0 Å². The van der Waals surface area contributed by atoms with Crippen molar-refractivity contribution in [3.63, 3.8) is 0 Å². The molecule has 0 aliphatic rings. The summed E-state index contributed by atoms with van der Waals surface area (Å²) in [6.07, 6.45) is 0.338. The van der Waals surface area contributed by atoms with Gasteiger partial charge in [0.05, 0.1) is 12.1 Å². The van der Waals surface area contributed by atoms with E-state index in [2.05, 4.69) is 26.2 Å². The summed E-state index contributed by atoms with van der Waals surface area (Å²) in [6, 6.07) is 7.53. The summed E-state index contributed by atoms with van der Waals surface area (Å²) in [6.45, 7) is 1.92. The molecule has 2 rings (SSSR count). The van der Waals surface area contributed by atoms with Crippen LogP contribution in [0.15, 0.2) is 28.7 Å². The van der Waals surface area contributed by atoms with Crippen LogP contribution in [0.2, 0.25) is 0 Å². The van der Waals surface area contributed by atoms with Gasteiger partial charge in [-0.15, -0.1) is 11.3 Å². The fraction of sp³-hybridized carbons (Fsp3) is 0.167. The third-order valence-electron chi connectivity index (χ3n) is 2.39. The van der Waals surface area contributed by atoms with Crippen molar-refractivity contribution in [1.29, 1.82) is 0 Å². The van der Waals surface area contributed by atoms with Crippen molar-refractivity contribution in [2.75, 3.05) is 5.32 Å². The number of carbonyl (C=O) groups is 1. The molecule has 0 bridgehead atoms. The molecule has 2 aromatic rings. The lowest BCUT2D eigenvalue weighted by atomic mass is 10.2. The standard InChI is InChI=1S/C12H11BrN2OS2/c1-7-10(18-12(17)14-7)6-11(16)15-9-5-3-2-4-8(9)13/h2-5H,6H2,1H3,(H,14,17)(H,15,16). The van der Waals surface area contributed by atoms with Gasteiger partial charge in [0.2, 0.25) is 5.91 Å². The highest BCUT2D eigenvalue weighted by molar-refractivity contribution is 9.10. The highest BCUT2D eigenvalue weighted by atomic mass is 79.9. The second kappa shape index (κ2) is 5.77. The molecule has 1 amide bonds. The summed E-state index contributed by atoms with van der Waals surface area (Å²) in [5.74, 6) is -0.0461. The molecule has 0 aliphatic heterocycles.